The van der Waals surface area contributed by atoms with Gasteiger partial charge in [-0.3, -0.25) is 4.57 Å². The summed E-state index contributed by atoms with van der Waals surface area (Å²) in [6, 6.07) is 8.77. The molecule has 0 aliphatic heterocycles. The zero-order valence-electron chi connectivity index (χ0n) is 11.0. The third kappa shape index (κ3) is 2.45. The molecule has 0 amide bonds. The monoisotopic (exact) mass is 386 g/mol. The number of hydrogen-bond donors (Lipinski definition) is 0. The lowest BCUT2D eigenvalue weighted by atomic mass is 10.2. The molecule has 2 nitrogen and oxygen atoms in total. The van der Waals surface area contributed by atoms with E-state index in [2.05, 4.69) is 20.9 Å². The first-order valence-corrected chi connectivity index (χ1v) is 7.91. The number of nitrogens with zero attached hydrogens (tertiary/aromatic N) is 2. The Morgan fingerprint density at radius 2 is 2.10 bits per heavy atom. The minimum atomic E-state index is -0.485. The lowest BCUT2D eigenvalue weighted by Gasteiger charge is -2.12. The number of hydrogen-bond acceptors (Lipinski definition) is 1. The lowest BCUT2D eigenvalue weighted by Crippen LogP contribution is -2.02. The van der Waals surface area contributed by atoms with Crippen molar-refractivity contribution in [3.05, 3.63) is 57.0 Å². The zero-order valence-corrected chi connectivity index (χ0v) is 14.1. The van der Waals surface area contributed by atoms with Crippen molar-refractivity contribution in [2.45, 2.75) is 12.8 Å². The molecule has 0 saturated carbocycles. The van der Waals surface area contributed by atoms with E-state index in [0.717, 1.165) is 21.2 Å². The summed E-state index contributed by atoms with van der Waals surface area (Å²) in [5.74, 6) is 0.385. The van der Waals surface area contributed by atoms with Gasteiger partial charge >= 0.3 is 0 Å². The van der Waals surface area contributed by atoms with Crippen molar-refractivity contribution in [2.75, 3.05) is 0 Å². The normalized spacial score (nSPS) is 11.3. The molecule has 0 spiro atoms. The topological polar surface area (TPSA) is 17.8 Å². The highest BCUT2D eigenvalue weighted by Crippen LogP contribution is 2.30. The molecular formula is C15H10BrCl2FN2. The van der Waals surface area contributed by atoms with E-state index in [9.17, 15) is 4.39 Å². The second kappa shape index (κ2) is 5.59. The summed E-state index contributed by atoms with van der Waals surface area (Å²) >= 11 is 15.4. The molecule has 0 fully saturated rings. The quantitative estimate of drug-likeness (QED) is 0.521. The van der Waals surface area contributed by atoms with E-state index in [1.54, 1.807) is 6.07 Å². The van der Waals surface area contributed by atoms with Crippen LogP contribution in [-0.2, 0) is 5.88 Å². The number of aromatic nitrogens is 2. The minimum absolute atomic E-state index is 0.0671. The van der Waals surface area contributed by atoms with E-state index in [-0.39, 0.29) is 10.9 Å². The predicted octanol–water partition coefficient (Wildman–Crippen LogP) is 5.63. The average Bonchev–Trinajstić information content (AvgIpc) is 2.80. The van der Waals surface area contributed by atoms with Crippen LogP contribution in [0.15, 0.2) is 34.8 Å². The van der Waals surface area contributed by atoms with Crippen LogP contribution in [0.1, 0.15) is 11.4 Å². The Balaban J connectivity index is 2.40. The van der Waals surface area contributed by atoms with Crippen molar-refractivity contribution < 1.29 is 4.39 Å². The zero-order chi connectivity index (χ0) is 15.1. The van der Waals surface area contributed by atoms with Gasteiger partial charge in [-0.2, -0.15) is 0 Å². The van der Waals surface area contributed by atoms with Gasteiger partial charge in [0.1, 0.15) is 11.6 Å². The van der Waals surface area contributed by atoms with E-state index < -0.39 is 5.82 Å². The average molecular weight is 388 g/mol. The Hall–Kier alpha value is -1.10. The van der Waals surface area contributed by atoms with Crippen LogP contribution in [0.5, 0.6) is 0 Å². The van der Waals surface area contributed by atoms with Crippen LogP contribution in [0.4, 0.5) is 4.39 Å². The molecule has 0 saturated heterocycles. The van der Waals surface area contributed by atoms with Crippen molar-refractivity contribution in [2.24, 2.45) is 0 Å². The second-order valence-corrected chi connectivity index (χ2v) is 6.16. The van der Waals surface area contributed by atoms with Gasteiger partial charge in [-0.1, -0.05) is 33.6 Å². The summed E-state index contributed by atoms with van der Waals surface area (Å²) in [5, 5.41) is 0.0671. The van der Waals surface area contributed by atoms with Crippen molar-refractivity contribution in [3.8, 4) is 5.69 Å². The van der Waals surface area contributed by atoms with Gasteiger partial charge in [0.2, 0.25) is 0 Å². The maximum Gasteiger partial charge on any atom is 0.144 e. The number of imidazole rings is 1. The van der Waals surface area contributed by atoms with Gasteiger partial charge in [-0.25, -0.2) is 9.37 Å². The van der Waals surface area contributed by atoms with Gasteiger partial charge in [-0.05, 0) is 30.7 Å². The fourth-order valence-electron chi connectivity index (χ4n) is 2.32. The van der Waals surface area contributed by atoms with Gasteiger partial charge in [0.05, 0.1) is 27.6 Å². The van der Waals surface area contributed by atoms with Crippen LogP contribution < -0.4 is 0 Å². The number of fused-ring (bicyclic) bond motifs is 1. The molecule has 0 bridgehead atoms. The number of benzene rings is 2. The van der Waals surface area contributed by atoms with Crippen LogP contribution >= 0.6 is 39.1 Å². The largest absolute Gasteiger partial charge is 0.295 e. The van der Waals surface area contributed by atoms with E-state index in [4.69, 9.17) is 23.2 Å². The lowest BCUT2D eigenvalue weighted by molar-refractivity contribution is 0.630. The highest BCUT2D eigenvalue weighted by atomic mass is 79.9. The maximum atomic E-state index is 13.6. The molecule has 0 aliphatic carbocycles. The predicted molar refractivity (Wildman–Crippen MR) is 88.0 cm³/mol. The molecule has 1 heterocycles. The Labute approximate surface area is 139 Å². The standard InChI is InChI=1S/C15H10BrCl2FN2/c1-8-9(16)3-2-4-13(8)21-14-5-10(18)11(19)6-12(14)20-15(21)7-17/h2-6H,7H2,1H3. The van der Waals surface area contributed by atoms with Crippen molar-refractivity contribution in [3.63, 3.8) is 0 Å². The number of alkyl halides is 1. The maximum absolute atomic E-state index is 13.6. The van der Waals surface area contributed by atoms with Gasteiger partial charge < -0.3 is 0 Å². The smallest absolute Gasteiger partial charge is 0.144 e. The van der Waals surface area contributed by atoms with E-state index in [1.807, 2.05) is 29.7 Å². The second-order valence-electron chi connectivity index (χ2n) is 4.64. The first kappa shape index (κ1) is 14.8. The van der Waals surface area contributed by atoms with Gasteiger partial charge in [0.25, 0.3) is 0 Å². The molecule has 1 aromatic heterocycles. The Bertz CT molecular complexity index is 845. The summed E-state index contributed by atoms with van der Waals surface area (Å²) in [5.41, 5.74) is 3.25. The molecular weight excluding hydrogens is 378 g/mol. The summed E-state index contributed by atoms with van der Waals surface area (Å²) in [6.45, 7) is 1.99. The molecule has 108 valence electrons. The first-order chi connectivity index (χ1) is 10.0. The van der Waals surface area contributed by atoms with Gasteiger partial charge in [-0.15, -0.1) is 11.6 Å². The minimum Gasteiger partial charge on any atom is -0.295 e. The molecule has 0 aliphatic rings. The fraction of sp³-hybridized carbons (Fsp3) is 0.133. The van der Waals surface area contributed by atoms with Crippen LogP contribution in [0, 0.1) is 12.7 Å². The highest BCUT2D eigenvalue weighted by Gasteiger charge is 2.16. The highest BCUT2D eigenvalue weighted by molar-refractivity contribution is 9.10. The number of rotatable bonds is 2. The molecule has 3 rings (SSSR count). The summed E-state index contributed by atoms with van der Waals surface area (Å²) < 4.78 is 16.5. The van der Waals surface area contributed by atoms with Crippen molar-refractivity contribution in [1.82, 2.24) is 9.55 Å². The molecule has 6 heteroatoms. The SMILES string of the molecule is Cc1c(Br)cccc1-n1c(CCl)nc2cc(F)c(Cl)cc21. The summed E-state index contributed by atoms with van der Waals surface area (Å²) in [6.07, 6.45) is 0. The van der Waals surface area contributed by atoms with Crippen molar-refractivity contribution >= 4 is 50.2 Å². The first-order valence-electron chi connectivity index (χ1n) is 6.20. The third-order valence-electron chi connectivity index (χ3n) is 3.37. The Kier molecular flexibility index (Phi) is 3.95. The van der Waals surface area contributed by atoms with Gasteiger partial charge in [0.15, 0.2) is 0 Å². The summed E-state index contributed by atoms with van der Waals surface area (Å²) in [4.78, 5) is 4.40. The van der Waals surface area contributed by atoms with Gasteiger partial charge in [0, 0.05) is 10.5 Å². The molecule has 0 atom stereocenters. The Morgan fingerprint density at radius 3 is 2.81 bits per heavy atom. The molecule has 0 radical (unpaired) electrons. The van der Waals surface area contributed by atoms with E-state index >= 15 is 0 Å². The summed E-state index contributed by atoms with van der Waals surface area (Å²) in [7, 11) is 0. The van der Waals surface area contributed by atoms with Crippen LogP contribution in [0.2, 0.25) is 5.02 Å². The third-order valence-corrected chi connectivity index (χ3v) is 4.75. The fourth-order valence-corrected chi connectivity index (χ4v) is 3.01. The molecule has 0 N–H and O–H groups in total. The van der Waals surface area contributed by atoms with Crippen LogP contribution in [0.25, 0.3) is 16.7 Å². The van der Waals surface area contributed by atoms with Crippen LogP contribution in [0.3, 0.4) is 0 Å². The molecule has 3 aromatic rings. The van der Waals surface area contributed by atoms with Crippen molar-refractivity contribution in [1.29, 1.82) is 0 Å². The van der Waals surface area contributed by atoms with E-state index in [1.165, 1.54) is 6.07 Å². The number of halogens is 4. The Morgan fingerprint density at radius 1 is 1.33 bits per heavy atom. The molecule has 2 aromatic carbocycles. The molecule has 0 unspecified atom stereocenters. The van der Waals surface area contributed by atoms with Crippen LogP contribution in [-0.4, -0.2) is 9.55 Å². The van der Waals surface area contributed by atoms with E-state index in [0.29, 0.717) is 11.3 Å². The molecule has 21 heavy (non-hydrogen) atoms.